The molecule has 1 N–H and O–H groups in total. The van der Waals surface area contributed by atoms with E-state index >= 15 is 0 Å². The highest BCUT2D eigenvalue weighted by Gasteiger charge is 2.21. The summed E-state index contributed by atoms with van der Waals surface area (Å²) in [5.41, 5.74) is 1.95. The van der Waals surface area contributed by atoms with E-state index in [0.717, 1.165) is 5.56 Å². The number of hydrogen-bond donors (Lipinski definition) is 1. The maximum atomic E-state index is 12.5. The van der Waals surface area contributed by atoms with Gasteiger partial charge in [0.25, 0.3) is 5.91 Å². The van der Waals surface area contributed by atoms with E-state index in [4.69, 9.17) is 16.1 Å². The Labute approximate surface area is 156 Å². The molecule has 0 unspecified atom stereocenters. The van der Waals surface area contributed by atoms with Gasteiger partial charge in [-0.2, -0.15) is 10.1 Å². The zero-order valence-electron chi connectivity index (χ0n) is 15.0. The Bertz CT molecular complexity index is 931. The van der Waals surface area contributed by atoms with Gasteiger partial charge in [-0.15, -0.1) is 0 Å². The zero-order chi connectivity index (χ0) is 18.8. The summed E-state index contributed by atoms with van der Waals surface area (Å²) < 4.78 is 7.05. The first-order valence-electron chi connectivity index (χ1n) is 8.31. The molecule has 0 saturated carbocycles. The molecule has 3 aromatic rings. The minimum Gasteiger partial charge on any atom is -0.340 e. The highest BCUT2D eigenvalue weighted by molar-refractivity contribution is 6.30. The second-order valence-electron chi connectivity index (χ2n) is 6.36. The average molecular weight is 374 g/mol. The highest BCUT2D eigenvalue weighted by atomic mass is 35.5. The predicted octanol–water partition coefficient (Wildman–Crippen LogP) is 3.97. The first kappa shape index (κ1) is 18.1. The van der Waals surface area contributed by atoms with E-state index < -0.39 is 6.04 Å². The second kappa shape index (κ2) is 7.29. The van der Waals surface area contributed by atoms with Gasteiger partial charge >= 0.3 is 0 Å². The van der Waals surface area contributed by atoms with E-state index in [-0.39, 0.29) is 11.9 Å². The number of benzene rings is 1. The van der Waals surface area contributed by atoms with E-state index in [0.29, 0.717) is 28.0 Å². The van der Waals surface area contributed by atoms with Crippen molar-refractivity contribution < 1.29 is 9.32 Å². The van der Waals surface area contributed by atoms with Crippen molar-refractivity contribution in [2.45, 2.75) is 39.8 Å². The molecule has 3 rings (SSSR count). The SMILES string of the molecule is Cc1nn(C(C)C)cc1C(=O)N[C@@H](C)c1nc(-c2cccc(Cl)c2)no1. The third kappa shape index (κ3) is 3.77. The van der Waals surface area contributed by atoms with Gasteiger partial charge in [-0.3, -0.25) is 9.48 Å². The summed E-state index contributed by atoms with van der Waals surface area (Å²) in [5.74, 6) is 0.513. The monoisotopic (exact) mass is 373 g/mol. The molecule has 1 aromatic carbocycles. The van der Waals surface area contributed by atoms with Crippen LogP contribution in [0.25, 0.3) is 11.4 Å². The molecule has 1 atom stereocenters. The van der Waals surface area contributed by atoms with Crippen LogP contribution in [0.2, 0.25) is 5.02 Å². The number of carbonyl (C=O) groups is 1. The van der Waals surface area contributed by atoms with Crippen molar-refractivity contribution in [1.82, 2.24) is 25.2 Å². The summed E-state index contributed by atoms with van der Waals surface area (Å²) in [5, 5.41) is 11.8. The summed E-state index contributed by atoms with van der Waals surface area (Å²) in [4.78, 5) is 16.9. The number of nitrogens with one attached hydrogen (secondary N) is 1. The fourth-order valence-corrected chi connectivity index (χ4v) is 2.65. The topological polar surface area (TPSA) is 85.8 Å². The van der Waals surface area contributed by atoms with Crippen LogP contribution in [0.5, 0.6) is 0 Å². The van der Waals surface area contributed by atoms with Crippen molar-refractivity contribution in [2.75, 3.05) is 0 Å². The number of rotatable bonds is 5. The summed E-state index contributed by atoms with van der Waals surface area (Å²) >= 11 is 5.99. The number of nitrogens with zero attached hydrogens (tertiary/aromatic N) is 4. The Morgan fingerprint density at radius 2 is 2.08 bits per heavy atom. The fourth-order valence-electron chi connectivity index (χ4n) is 2.46. The number of amides is 1. The van der Waals surface area contributed by atoms with Gasteiger partial charge in [0.15, 0.2) is 0 Å². The summed E-state index contributed by atoms with van der Waals surface area (Å²) in [6, 6.07) is 6.92. The van der Waals surface area contributed by atoms with Crippen LogP contribution in [-0.2, 0) is 0 Å². The Morgan fingerprint density at radius 3 is 2.73 bits per heavy atom. The minimum absolute atomic E-state index is 0.184. The molecule has 136 valence electrons. The normalized spacial score (nSPS) is 12.4. The van der Waals surface area contributed by atoms with Crippen molar-refractivity contribution in [1.29, 1.82) is 0 Å². The minimum atomic E-state index is -0.440. The third-order valence-electron chi connectivity index (χ3n) is 3.93. The van der Waals surface area contributed by atoms with E-state index in [2.05, 4.69) is 20.6 Å². The highest BCUT2D eigenvalue weighted by Crippen LogP contribution is 2.22. The van der Waals surface area contributed by atoms with Gasteiger partial charge in [0.1, 0.15) is 6.04 Å². The molecule has 0 aliphatic heterocycles. The van der Waals surface area contributed by atoms with Crippen LogP contribution in [0.4, 0.5) is 0 Å². The maximum Gasteiger partial charge on any atom is 0.255 e. The molecule has 2 aromatic heterocycles. The summed E-state index contributed by atoms with van der Waals surface area (Å²) in [6.45, 7) is 7.61. The van der Waals surface area contributed by atoms with Crippen molar-refractivity contribution in [3.63, 3.8) is 0 Å². The Kier molecular flexibility index (Phi) is 5.08. The smallest absolute Gasteiger partial charge is 0.255 e. The van der Waals surface area contributed by atoms with E-state index in [1.54, 1.807) is 29.9 Å². The molecule has 26 heavy (non-hydrogen) atoms. The largest absolute Gasteiger partial charge is 0.340 e. The first-order valence-corrected chi connectivity index (χ1v) is 8.69. The lowest BCUT2D eigenvalue weighted by molar-refractivity contribution is 0.0932. The Hall–Kier alpha value is -2.67. The number of hydrogen-bond acceptors (Lipinski definition) is 5. The molecule has 8 heteroatoms. The number of halogens is 1. The molecule has 1 amide bonds. The van der Waals surface area contributed by atoms with Gasteiger partial charge in [-0.25, -0.2) is 0 Å². The van der Waals surface area contributed by atoms with Gasteiger partial charge in [-0.05, 0) is 39.8 Å². The van der Waals surface area contributed by atoms with Crippen LogP contribution < -0.4 is 5.32 Å². The van der Waals surface area contributed by atoms with Crippen LogP contribution in [-0.4, -0.2) is 25.8 Å². The van der Waals surface area contributed by atoms with Gasteiger partial charge in [-0.1, -0.05) is 28.9 Å². The molecule has 7 nitrogen and oxygen atoms in total. The summed E-state index contributed by atoms with van der Waals surface area (Å²) in [6.07, 6.45) is 1.74. The van der Waals surface area contributed by atoms with E-state index in [1.165, 1.54) is 0 Å². The van der Waals surface area contributed by atoms with Crippen molar-refractivity contribution in [2.24, 2.45) is 0 Å². The van der Waals surface area contributed by atoms with Crippen LogP contribution >= 0.6 is 11.6 Å². The molecule has 0 fully saturated rings. The second-order valence-corrected chi connectivity index (χ2v) is 6.80. The number of carbonyl (C=O) groups excluding carboxylic acids is 1. The number of aromatic nitrogens is 4. The van der Waals surface area contributed by atoms with E-state index in [1.807, 2.05) is 32.9 Å². The van der Waals surface area contributed by atoms with Crippen LogP contribution in [0.3, 0.4) is 0 Å². The molecule has 0 aliphatic carbocycles. The Balaban J connectivity index is 1.74. The zero-order valence-corrected chi connectivity index (χ0v) is 15.8. The van der Waals surface area contributed by atoms with Gasteiger partial charge in [0.2, 0.25) is 11.7 Å². The summed E-state index contributed by atoms with van der Waals surface area (Å²) in [7, 11) is 0. The Morgan fingerprint density at radius 1 is 1.31 bits per heavy atom. The third-order valence-corrected chi connectivity index (χ3v) is 4.17. The van der Waals surface area contributed by atoms with Crippen molar-refractivity contribution in [3.8, 4) is 11.4 Å². The molecule has 0 aliphatic rings. The van der Waals surface area contributed by atoms with Crippen molar-refractivity contribution >= 4 is 17.5 Å². The fraction of sp³-hybridized carbons (Fsp3) is 0.333. The molecule has 2 heterocycles. The lowest BCUT2D eigenvalue weighted by atomic mass is 10.2. The standard InChI is InChI=1S/C18H20ClN5O2/c1-10(2)24-9-15(11(3)22-24)17(25)20-12(4)18-21-16(23-26-18)13-6-5-7-14(19)8-13/h5-10,12H,1-4H3,(H,20,25)/t12-/m0/s1. The van der Waals surface area contributed by atoms with E-state index in [9.17, 15) is 4.79 Å². The lowest BCUT2D eigenvalue weighted by Crippen LogP contribution is -2.27. The lowest BCUT2D eigenvalue weighted by Gasteiger charge is -2.08. The van der Waals surface area contributed by atoms with Crippen LogP contribution in [0.15, 0.2) is 35.0 Å². The molecule has 0 spiro atoms. The van der Waals surface area contributed by atoms with Gasteiger partial charge in [0, 0.05) is 22.8 Å². The molecule has 0 radical (unpaired) electrons. The maximum absolute atomic E-state index is 12.5. The quantitative estimate of drug-likeness (QED) is 0.731. The van der Waals surface area contributed by atoms with Crippen LogP contribution in [0, 0.1) is 6.92 Å². The molecular weight excluding hydrogens is 354 g/mol. The van der Waals surface area contributed by atoms with Gasteiger partial charge in [0.05, 0.1) is 11.3 Å². The van der Waals surface area contributed by atoms with Gasteiger partial charge < -0.3 is 9.84 Å². The van der Waals surface area contributed by atoms with Crippen molar-refractivity contribution in [3.05, 3.63) is 52.6 Å². The molecular formula is C18H20ClN5O2. The number of aryl methyl sites for hydroxylation is 1. The van der Waals surface area contributed by atoms with Crippen LogP contribution in [0.1, 0.15) is 54.8 Å². The average Bonchev–Trinajstić information content (AvgIpc) is 3.21. The molecule has 0 bridgehead atoms. The predicted molar refractivity (Wildman–Crippen MR) is 98.0 cm³/mol. The molecule has 0 saturated heterocycles. The first-order chi connectivity index (χ1) is 12.3.